The number of allylic oxidation sites excluding steroid dienone is 1. The van der Waals surface area contributed by atoms with Crippen LogP contribution in [0.15, 0.2) is 96.6 Å². The SMILES string of the molecule is [C-]#[N+]/C(=C/c1cc(-c2ccc3c(c2)c2cc(-c4cc(/C=C(/C#N)OC=O)cn4CCCC)ccc2n3-c2ccc(OCCC)cc2)n(CCCC)c1)C(=O)O. The average Bonchev–Trinajstić information content (AvgIpc) is 3.90. The predicted molar refractivity (Wildman–Crippen MR) is 216 cm³/mol. The zero-order valence-corrected chi connectivity index (χ0v) is 31.3. The van der Waals surface area contributed by atoms with E-state index in [1.54, 1.807) is 6.08 Å². The molecule has 1 N–H and O–H groups in total. The van der Waals surface area contributed by atoms with Crippen LogP contribution in [0.2, 0.25) is 0 Å². The van der Waals surface area contributed by atoms with Crippen LogP contribution < -0.4 is 4.74 Å². The molecule has 0 spiro atoms. The van der Waals surface area contributed by atoms with Crippen LogP contribution in [0.5, 0.6) is 5.75 Å². The summed E-state index contributed by atoms with van der Waals surface area (Å²) >= 11 is 0. The number of hydrogen-bond acceptors (Lipinski definition) is 5. The molecule has 55 heavy (non-hydrogen) atoms. The Morgan fingerprint density at radius 1 is 0.818 bits per heavy atom. The Morgan fingerprint density at radius 2 is 1.38 bits per heavy atom. The number of benzene rings is 3. The van der Waals surface area contributed by atoms with E-state index in [-0.39, 0.29) is 17.9 Å². The van der Waals surface area contributed by atoms with Crippen LogP contribution in [0.4, 0.5) is 0 Å². The molecule has 0 aliphatic carbocycles. The number of hydrogen-bond donors (Lipinski definition) is 1. The molecule has 6 aromatic rings. The number of unbranched alkanes of at least 4 members (excludes halogenated alkanes) is 2. The minimum atomic E-state index is -1.25. The van der Waals surface area contributed by atoms with Crippen molar-refractivity contribution < 1.29 is 24.2 Å². The molecule has 0 fully saturated rings. The van der Waals surface area contributed by atoms with E-state index in [1.165, 1.54) is 6.08 Å². The Balaban J connectivity index is 1.57. The maximum Gasteiger partial charge on any atom is 0.333 e. The van der Waals surface area contributed by atoms with E-state index in [4.69, 9.17) is 16.0 Å². The smallest absolute Gasteiger partial charge is 0.333 e. The number of carbonyl (C=O) groups is 2. The molecule has 3 aromatic carbocycles. The van der Waals surface area contributed by atoms with E-state index in [9.17, 15) is 20.0 Å². The largest absolute Gasteiger partial charge is 0.494 e. The molecule has 0 saturated heterocycles. The first-order chi connectivity index (χ1) is 26.8. The second-order valence-corrected chi connectivity index (χ2v) is 13.3. The summed E-state index contributed by atoms with van der Waals surface area (Å²) < 4.78 is 17.3. The van der Waals surface area contributed by atoms with Crippen molar-refractivity contribution in [1.82, 2.24) is 13.7 Å². The Labute approximate surface area is 320 Å². The fraction of sp³-hybridized carbons (Fsp3) is 0.244. The van der Waals surface area contributed by atoms with Gasteiger partial charge in [-0.25, -0.2) is 4.85 Å². The van der Waals surface area contributed by atoms with Crippen molar-refractivity contribution in [2.24, 2.45) is 0 Å². The second kappa shape index (κ2) is 17.4. The fourth-order valence-corrected chi connectivity index (χ4v) is 6.87. The second-order valence-electron chi connectivity index (χ2n) is 13.3. The van der Waals surface area contributed by atoms with Crippen molar-refractivity contribution in [3.8, 4) is 40.0 Å². The number of nitrogens with zero attached hydrogens (tertiary/aromatic N) is 5. The highest BCUT2D eigenvalue weighted by molar-refractivity contribution is 6.11. The van der Waals surface area contributed by atoms with Gasteiger partial charge in [0.15, 0.2) is 0 Å². The minimum Gasteiger partial charge on any atom is -0.494 e. The molecule has 10 nitrogen and oxygen atoms in total. The first-order valence-electron chi connectivity index (χ1n) is 18.6. The van der Waals surface area contributed by atoms with Gasteiger partial charge in [-0.1, -0.05) is 45.7 Å². The number of carbonyl (C=O) groups excluding carboxylic acids is 1. The number of nitriles is 1. The summed E-state index contributed by atoms with van der Waals surface area (Å²) in [6.07, 6.45) is 11.7. The van der Waals surface area contributed by atoms with Crippen LogP contribution in [-0.4, -0.2) is 37.9 Å². The molecule has 6 rings (SSSR count). The number of ether oxygens (including phenoxy) is 2. The van der Waals surface area contributed by atoms with Crippen LogP contribution in [0.1, 0.15) is 64.0 Å². The third-order valence-corrected chi connectivity index (χ3v) is 9.49. The van der Waals surface area contributed by atoms with Gasteiger partial charge in [-0.05, 0) is 108 Å². The van der Waals surface area contributed by atoms with Gasteiger partial charge in [0.05, 0.1) is 24.2 Å². The van der Waals surface area contributed by atoms with Crippen LogP contribution in [0, 0.1) is 17.9 Å². The highest BCUT2D eigenvalue weighted by atomic mass is 16.5. The van der Waals surface area contributed by atoms with Crippen molar-refractivity contribution in [3.05, 3.63) is 119 Å². The Hall–Kier alpha value is -6.78. The van der Waals surface area contributed by atoms with Gasteiger partial charge in [-0.15, -0.1) is 0 Å². The fourth-order valence-electron chi connectivity index (χ4n) is 6.87. The van der Waals surface area contributed by atoms with E-state index < -0.39 is 5.97 Å². The molecule has 0 bridgehead atoms. The van der Waals surface area contributed by atoms with E-state index in [1.807, 2.05) is 42.7 Å². The molecule has 0 aliphatic heterocycles. The van der Waals surface area contributed by atoms with Gasteiger partial charge >= 0.3 is 5.97 Å². The molecule has 0 unspecified atom stereocenters. The van der Waals surface area contributed by atoms with Crippen molar-refractivity contribution >= 4 is 46.4 Å². The van der Waals surface area contributed by atoms with E-state index >= 15 is 0 Å². The number of carboxylic acids is 1. The number of aliphatic carboxylic acids is 1. The summed E-state index contributed by atoms with van der Waals surface area (Å²) in [6.45, 7) is 16.1. The number of rotatable bonds is 17. The molecular weight excluding hydrogens is 691 g/mol. The normalized spacial score (nSPS) is 11.8. The van der Waals surface area contributed by atoms with Crippen LogP contribution in [0.25, 0.3) is 67.0 Å². The summed E-state index contributed by atoms with van der Waals surface area (Å²) in [5.41, 5.74) is 7.95. The van der Waals surface area contributed by atoms with Crippen molar-refractivity contribution in [3.63, 3.8) is 0 Å². The molecule has 0 atom stereocenters. The molecular formula is C45H43N5O5. The van der Waals surface area contributed by atoms with Crippen LogP contribution in [0.3, 0.4) is 0 Å². The number of aryl methyl sites for hydroxylation is 2. The Bertz CT molecular complexity index is 2500. The highest BCUT2D eigenvalue weighted by Crippen LogP contribution is 2.38. The predicted octanol–water partition coefficient (Wildman–Crippen LogP) is 10.5. The first-order valence-corrected chi connectivity index (χ1v) is 18.6. The van der Waals surface area contributed by atoms with Crippen LogP contribution in [-0.2, 0) is 27.4 Å². The quantitative estimate of drug-likeness (QED) is 0.0328. The van der Waals surface area contributed by atoms with Gasteiger partial charge in [0.2, 0.25) is 5.76 Å². The lowest BCUT2D eigenvalue weighted by Gasteiger charge is -2.11. The third-order valence-electron chi connectivity index (χ3n) is 9.49. The maximum atomic E-state index is 11.7. The lowest BCUT2D eigenvalue weighted by atomic mass is 10.0. The van der Waals surface area contributed by atoms with Gasteiger partial charge < -0.3 is 28.3 Å². The zero-order valence-electron chi connectivity index (χ0n) is 31.3. The summed E-state index contributed by atoms with van der Waals surface area (Å²) in [6, 6.07) is 26.9. The third kappa shape index (κ3) is 8.24. The zero-order chi connectivity index (χ0) is 38.9. The maximum absolute atomic E-state index is 11.7. The lowest BCUT2D eigenvalue weighted by Crippen LogP contribution is -1.99. The van der Waals surface area contributed by atoms with Crippen LogP contribution >= 0.6 is 0 Å². The topological polar surface area (TPSA) is 116 Å². The van der Waals surface area contributed by atoms with Gasteiger partial charge in [-0.3, -0.25) is 9.59 Å². The standard InChI is InChI=1S/C45H43N5O5/c1-5-8-18-48-28-31(21-37(27-46)55-30-51)23-43(48)33-10-16-41-38(25-33)39-26-34(11-17-42(39)50(41)35-12-14-36(15-13-35)54-20-7-3)44-24-32(22-40(47-4)45(52)53)29-49(44)19-9-6-2/h10-17,21-26,28-30H,5-9,18-20H2,1-3H3,(H,52,53)/b37-21-,40-22+. The molecule has 10 heteroatoms. The molecule has 0 amide bonds. The number of fused-ring (bicyclic) bond motifs is 3. The molecule has 278 valence electrons. The Kier molecular flexibility index (Phi) is 12.0. The summed E-state index contributed by atoms with van der Waals surface area (Å²) in [5, 5.41) is 21.1. The molecule has 3 aromatic heterocycles. The summed E-state index contributed by atoms with van der Waals surface area (Å²) in [5.74, 6) is -0.521. The lowest BCUT2D eigenvalue weighted by molar-refractivity contribution is -0.132. The van der Waals surface area contributed by atoms with Gasteiger partial charge in [0.25, 0.3) is 12.2 Å². The minimum absolute atomic E-state index is 0.0815. The molecule has 0 radical (unpaired) electrons. The molecule has 0 aliphatic rings. The van der Waals surface area contributed by atoms with E-state index in [0.717, 1.165) is 107 Å². The van der Waals surface area contributed by atoms with Gasteiger partial charge in [-0.2, -0.15) is 5.26 Å². The summed E-state index contributed by atoms with van der Waals surface area (Å²) in [7, 11) is 0. The van der Waals surface area contributed by atoms with Gasteiger partial charge in [0.1, 0.15) is 11.8 Å². The Morgan fingerprint density at radius 3 is 1.85 bits per heavy atom. The van der Waals surface area contributed by atoms with E-state index in [0.29, 0.717) is 12.2 Å². The van der Waals surface area contributed by atoms with Crippen molar-refractivity contribution in [2.45, 2.75) is 66.0 Å². The van der Waals surface area contributed by atoms with Gasteiger partial charge in [0, 0.05) is 59.4 Å². The average molecular weight is 734 g/mol. The highest BCUT2D eigenvalue weighted by Gasteiger charge is 2.18. The van der Waals surface area contributed by atoms with Crippen molar-refractivity contribution in [2.75, 3.05) is 6.61 Å². The summed E-state index contributed by atoms with van der Waals surface area (Å²) in [4.78, 5) is 25.9. The van der Waals surface area contributed by atoms with E-state index in [2.05, 4.69) is 87.8 Å². The molecule has 3 heterocycles. The monoisotopic (exact) mass is 733 g/mol. The van der Waals surface area contributed by atoms with Crippen molar-refractivity contribution in [1.29, 1.82) is 5.26 Å². The number of aromatic nitrogens is 3. The molecule has 0 saturated carbocycles. The first kappa shape index (κ1) is 38.0. The number of carboxylic acid groups (broad SMARTS) is 1.